The molecule has 146 valence electrons. The van der Waals surface area contributed by atoms with E-state index in [1.807, 2.05) is 0 Å². The predicted octanol–water partition coefficient (Wildman–Crippen LogP) is 6.69. The predicted molar refractivity (Wildman–Crippen MR) is 128 cm³/mol. The highest BCUT2D eigenvalue weighted by Gasteiger charge is 2.32. The molecule has 0 fully saturated rings. The van der Waals surface area contributed by atoms with E-state index in [4.69, 9.17) is 0 Å². The Balaban J connectivity index is 2.01. The minimum atomic E-state index is -1.29. The SMILES string of the molecule is CC[Si](CC)(CC)c1ccc2c(c1)Cc1cc([Si](CC)(CC)CC)ccc1-2. The van der Waals surface area contributed by atoms with E-state index in [9.17, 15) is 0 Å². The zero-order chi connectivity index (χ0) is 19.7. The maximum absolute atomic E-state index is 2.60. The molecule has 0 spiro atoms. The molecule has 0 unspecified atom stereocenters. The zero-order valence-electron chi connectivity index (χ0n) is 18.4. The number of rotatable bonds is 8. The van der Waals surface area contributed by atoms with Crippen LogP contribution in [0.3, 0.4) is 0 Å². The molecule has 0 heterocycles. The summed E-state index contributed by atoms with van der Waals surface area (Å²) < 4.78 is 0. The average Bonchev–Trinajstić information content (AvgIpc) is 3.09. The first-order valence-electron chi connectivity index (χ1n) is 11.3. The molecule has 0 aromatic heterocycles. The van der Waals surface area contributed by atoms with E-state index in [1.54, 1.807) is 21.5 Å². The molecule has 1 aliphatic carbocycles. The van der Waals surface area contributed by atoms with Gasteiger partial charge < -0.3 is 0 Å². The minimum absolute atomic E-state index is 1.15. The van der Waals surface area contributed by atoms with Gasteiger partial charge in [-0.25, -0.2) is 0 Å². The van der Waals surface area contributed by atoms with E-state index in [0.29, 0.717) is 0 Å². The molecule has 0 bridgehead atoms. The van der Waals surface area contributed by atoms with Gasteiger partial charge in [0.1, 0.15) is 0 Å². The fraction of sp³-hybridized carbons (Fsp3) is 0.520. The lowest BCUT2D eigenvalue weighted by Gasteiger charge is -2.29. The smallest absolute Gasteiger partial charge is 0.0675 e. The molecule has 0 aliphatic heterocycles. The Hall–Kier alpha value is -1.13. The molecule has 0 saturated heterocycles. The van der Waals surface area contributed by atoms with Crippen molar-refractivity contribution in [1.29, 1.82) is 0 Å². The highest BCUT2D eigenvalue weighted by molar-refractivity contribution is 6.92. The van der Waals surface area contributed by atoms with Gasteiger partial charge in [0.25, 0.3) is 0 Å². The van der Waals surface area contributed by atoms with E-state index in [0.717, 1.165) is 6.42 Å². The molecule has 2 aromatic rings. The lowest BCUT2D eigenvalue weighted by molar-refractivity contribution is 1.19. The lowest BCUT2D eigenvalue weighted by atomic mass is 10.1. The molecule has 0 nitrogen and oxygen atoms in total. The molecule has 0 atom stereocenters. The summed E-state index contributed by atoms with van der Waals surface area (Å²) in [7, 11) is -2.58. The third-order valence-corrected chi connectivity index (χ3v) is 19.4. The normalized spacial score (nSPS) is 13.6. The minimum Gasteiger partial charge on any atom is -0.0675 e. The Kier molecular flexibility index (Phi) is 6.17. The monoisotopic (exact) mass is 394 g/mol. The second kappa shape index (κ2) is 8.09. The lowest BCUT2D eigenvalue weighted by Crippen LogP contribution is -2.45. The molecular formula is C25H38Si2. The van der Waals surface area contributed by atoms with E-state index < -0.39 is 16.1 Å². The fourth-order valence-corrected chi connectivity index (χ4v) is 12.9. The van der Waals surface area contributed by atoms with Gasteiger partial charge in [0, 0.05) is 0 Å². The van der Waals surface area contributed by atoms with Gasteiger partial charge in [-0.2, -0.15) is 0 Å². The second-order valence-electron chi connectivity index (χ2n) is 8.60. The topological polar surface area (TPSA) is 0 Å². The number of hydrogen-bond donors (Lipinski definition) is 0. The van der Waals surface area contributed by atoms with Crippen LogP contribution in [0.2, 0.25) is 36.3 Å². The standard InChI is InChI=1S/C25H38Si2/c1-7-26(8-2,9-3)22-13-15-24-20(18-22)17-21-19-23(14-16-25(21)24)27(10-4,11-5)12-6/h13-16,18-19H,7-12,17H2,1-6H3. The first kappa shape index (κ1) is 20.6. The van der Waals surface area contributed by atoms with Crippen molar-refractivity contribution in [2.45, 2.75) is 84.2 Å². The van der Waals surface area contributed by atoms with Crippen LogP contribution in [-0.4, -0.2) is 16.1 Å². The van der Waals surface area contributed by atoms with Crippen LogP contribution >= 0.6 is 0 Å². The van der Waals surface area contributed by atoms with Crippen LogP contribution in [0.4, 0.5) is 0 Å². The van der Waals surface area contributed by atoms with Gasteiger partial charge >= 0.3 is 0 Å². The summed E-state index contributed by atoms with van der Waals surface area (Å²) in [5, 5.41) is 3.39. The summed E-state index contributed by atoms with van der Waals surface area (Å²) in [6, 6.07) is 23.3. The summed E-state index contributed by atoms with van der Waals surface area (Å²) >= 11 is 0. The maximum atomic E-state index is 2.60. The second-order valence-corrected chi connectivity index (χ2v) is 19.1. The van der Waals surface area contributed by atoms with E-state index >= 15 is 0 Å². The van der Waals surface area contributed by atoms with Crippen molar-refractivity contribution in [2.24, 2.45) is 0 Å². The van der Waals surface area contributed by atoms with Crippen LogP contribution in [-0.2, 0) is 6.42 Å². The van der Waals surface area contributed by atoms with Crippen molar-refractivity contribution in [3.05, 3.63) is 47.5 Å². The van der Waals surface area contributed by atoms with E-state index in [2.05, 4.69) is 77.9 Å². The Morgan fingerprint density at radius 3 is 1.19 bits per heavy atom. The van der Waals surface area contributed by atoms with Crippen molar-refractivity contribution in [3.8, 4) is 11.1 Å². The molecule has 3 rings (SSSR count). The summed E-state index contributed by atoms with van der Waals surface area (Å²) in [4.78, 5) is 0. The van der Waals surface area contributed by atoms with Gasteiger partial charge in [-0.3, -0.25) is 0 Å². The average molecular weight is 395 g/mol. The van der Waals surface area contributed by atoms with Gasteiger partial charge in [0.15, 0.2) is 0 Å². The van der Waals surface area contributed by atoms with Gasteiger partial charge in [-0.1, -0.05) is 125 Å². The summed E-state index contributed by atoms with van der Waals surface area (Å²) in [5.41, 5.74) is 6.18. The third kappa shape index (κ3) is 3.29. The van der Waals surface area contributed by atoms with Crippen LogP contribution in [0.15, 0.2) is 36.4 Å². The Morgan fingerprint density at radius 2 is 0.889 bits per heavy atom. The summed E-state index contributed by atoms with van der Waals surface area (Å²) in [6.45, 7) is 14.5. The highest BCUT2D eigenvalue weighted by atomic mass is 28.3. The van der Waals surface area contributed by atoms with Crippen molar-refractivity contribution in [2.75, 3.05) is 0 Å². The first-order valence-corrected chi connectivity index (χ1v) is 16.5. The molecule has 2 aromatic carbocycles. The number of benzene rings is 2. The molecule has 0 saturated carbocycles. The molecule has 0 radical (unpaired) electrons. The van der Waals surface area contributed by atoms with Crippen LogP contribution in [0.1, 0.15) is 52.7 Å². The van der Waals surface area contributed by atoms with Crippen molar-refractivity contribution in [1.82, 2.24) is 0 Å². The van der Waals surface area contributed by atoms with Gasteiger partial charge in [0.05, 0.1) is 16.1 Å². The quantitative estimate of drug-likeness (QED) is 0.373. The molecular weight excluding hydrogens is 356 g/mol. The van der Waals surface area contributed by atoms with Crippen LogP contribution in [0.25, 0.3) is 11.1 Å². The highest BCUT2D eigenvalue weighted by Crippen LogP contribution is 2.37. The Bertz CT molecular complexity index is 714. The summed E-state index contributed by atoms with van der Waals surface area (Å²) in [6.07, 6.45) is 1.15. The third-order valence-electron chi connectivity index (χ3n) is 8.17. The van der Waals surface area contributed by atoms with Gasteiger partial charge in [-0.05, 0) is 28.7 Å². The summed E-state index contributed by atoms with van der Waals surface area (Å²) in [5.74, 6) is 0. The first-order chi connectivity index (χ1) is 13.0. The van der Waals surface area contributed by atoms with E-state index in [1.165, 1.54) is 47.4 Å². The fourth-order valence-electron chi connectivity index (χ4n) is 5.60. The molecule has 27 heavy (non-hydrogen) atoms. The largest absolute Gasteiger partial charge is 0.0859 e. The van der Waals surface area contributed by atoms with Crippen molar-refractivity contribution >= 4 is 26.5 Å². The molecule has 0 N–H and O–H groups in total. The van der Waals surface area contributed by atoms with E-state index in [-0.39, 0.29) is 0 Å². The number of fused-ring (bicyclic) bond motifs is 3. The number of hydrogen-bond acceptors (Lipinski definition) is 0. The van der Waals surface area contributed by atoms with Crippen LogP contribution in [0.5, 0.6) is 0 Å². The Labute approximate surface area is 169 Å². The van der Waals surface area contributed by atoms with Crippen LogP contribution in [0, 0.1) is 0 Å². The van der Waals surface area contributed by atoms with Crippen molar-refractivity contribution in [3.63, 3.8) is 0 Å². The Morgan fingerprint density at radius 1 is 0.556 bits per heavy atom. The molecule has 1 aliphatic rings. The van der Waals surface area contributed by atoms with Crippen molar-refractivity contribution < 1.29 is 0 Å². The van der Waals surface area contributed by atoms with Crippen LogP contribution < -0.4 is 10.4 Å². The van der Waals surface area contributed by atoms with Gasteiger partial charge in [0.2, 0.25) is 0 Å². The van der Waals surface area contributed by atoms with Gasteiger partial charge in [-0.15, -0.1) is 0 Å². The molecule has 0 amide bonds. The zero-order valence-corrected chi connectivity index (χ0v) is 20.4. The molecule has 2 heteroatoms. The maximum Gasteiger partial charge on any atom is 0.0859 e.